The van der Waals surface area contributed by atoms with Gasteiger partial charge in [-0.3, -0.25) is 9.69 Å². The highest BCUT2D eigenvalue weighted by Crippen LogP contribution is 2.34. The number of amides is 1. The first-order chi connectivity index (χ1) is 10.6. The predicted octanol–water partition coefficient (Wildman–Crippen LogP) is 3.85. The zero-order valence-corrected chi connectivity index (χ0v) is 14.7. The summed E-state index contributed by atoms with van der Waals surface area (Å²) in [6, 6.07) is 16.7. The highest BCUT2D eigenvalue weighted by atomic mass is 127. The third-order valence-corrected chi connectivity index (χ3v) is 4.81. The summed E-state index contributed by atoms with van der Waals surface area (Å²) in [6.07, 6.45) is 2.19. The second-order valence-electron chi connectivity index (χ2n) is 5.73. The van der Waals surface area contributed by atoms with Crippen LogP contribution in [0.2, 0.25) is 0 Å². The molecule has 0 heterocycles. The number of carbonyl (C=O) groups excluding carboxylic acids is 1. The Hall–Kier alpha value is -1.40. The van der Waals surface area contributed by atoms with Gasteiger partial charge in [0.2, 0.25) is 5.91 Å². The number of halogens is 1. The SMILES string of the molecule is CN(CC(=O)Nc1cccc(I)c1)C1CCc2ccccc21. The van der Waals surface area contributed by atoms with Crippen LogP contribution in [0.1, 0.15) is 23.6 Å². The molecular weight excluding hydrogens is 387 g/mol. The lowest BCUT2D eigenvalue weighted by molar-refractivity contribution is -0.117. The first kappa shape index (κ1) is 15.5. The van der Waals surface area contributed by atoms with Crippen molar-refractivity contribution in [2.75, 3.05) is 18.9 Å². The fourth-order valence-corrected chi connectivity index (χ4v) is 3.64. The maximum Gasteiger partial charge on any atom is 0.238 e. The van der Waals surface area contributed by atoms with Crippen molar-refractivity contribution in [1.82, 2.24) is 4.90 Å². The molecule has 0 radical (unpaired) electrons. The quantitative estimate of drug-likeness (QED) is 0.783. The molecule has 2 aromatic rings. The number of rotatable bonds is 4. The van der Waals surface area contributed by atoms with Gasteiger partial charge in [0.1, 0.15) is 0 Å². The standard InChI is InChI=1S/C18H19IN2O/c1-21(17-10-9-13-5-2-3-8-16(13)17)12-18(22)20-15-7-4-6-14(19)11-15/h2-8,11,17H,9-10,12H2,1H3,(H,20,22). The summed E-state index contributed by atoms with van der Waals surface area (Å²) in [5, 5.41) is 2.98. The van der Waals surface area contributed by atoms with E-state index in [2.05, 4.69) is 57.1 Å². The molecule has 114 valence electrons. The number of anilines is 1. The van der Waals surface area contributed by atoms with Crippen LogP contribution in [0, 0.1) is 3.57 Å². The number of aryl methyl sites for hydroxylation is 1. The van der Waals surface area contributed by atoms with Crippen molar-refractivity contribution < 1.29 is 4.79 Å². The lowest BCUT2D eigenvalue weighted by atomic mass is 10.1. The monoisotopic (exact) mass is 406 g/mol. The van der Waals surface area contributed by atoms with Gasteiger partial charge in [0.25, 0.3) is 0 Å². The number of benzene rings is 2. The maximum atomic E-state index is 12.2. The fraction of sp³-hybridized carbons (Fsp3) is 0.278. The van der Waals surface area contributed by atoms with Crippen molar-refractivity contribution in [2.45, 2.75) is 18.9 Å². The largest absolute Gasteiger partial charge is 0.325 e. The molecular formula is C18H19IN2O. The first-order valence-corrected chi connectivity index (χ1v) is 8.55. The number of hydrogen-bond donors (Lipinski definition) is 1. The van der Waals surface area contributed by atoms with Crippen molar-refractivity contribution in [3.05, 3.63) is 63.2 Å². The van der Waals surface area contributed by atoms with Crippen LogP contribution in [0.25, 0.3) is 0 Å². The fourth-order valence-electron chi connectivity index (χ4n) is 3.10. The summed E-state index contributed by atoms with van der Waals surface area (Å²) < 4.78 is 1.12. The molecule has 0 aromatic heterocycles. The molecule has 2 aromatic carbocycles. The van der Waals surface area contributed by atoms with E-state index in [0.717, 1.165) is 22.1 Å². The molecule has 0 aliphatic heterocycles. The van der Waals surface area contributed by atoms with Crippen molar-refractivity contribution in [1.29, 1.82) is 0 Å². The summed E-state index contributed by atoms with van der Waals surface area (Å²) in [4.78, 5) is 14.4. The van der Waals surface area contributed by atoms with Crippen LogP contribution in [0.5, 0.6) is 0 Å². The van der Waals surface area contributed by atoms with Crippen LogP contribution in [0.4, 0.5) is 5.69 Å². The van der Waals surface area contributed by atoms with Gasteiger partial charge in [0, 0.05) is 15.3 Å². The van der Waals surface area contributed by atoms with Crippen molar-refractivity contribution in [3.63, 3.8) is 0 Å². The van der Waals surface area contributed by atoms with Gasteiger partial charge >= 0.3 is 0 Å². The van der Waals surface area contributed by atoms with E-state index in [0.29, 0.717) is 12.6 Å². The van der Waals surface area contributed by atoms with Crippen molar-refractivity contribution in [2.24, 2.45) is 0 Å². The Balaban J connectivity index is 1.62. The van der Waals surface area contributed by atoms with Gasteiger partial charge in [0.05, 0.1) is 6.54 Å². The maximum absolute atomic E-state index is 12.2. The van der Waals surface area contributed by atoms with E-state index in [1.165, 1.54) is 11.1 Å². The number of nitrogens with one attached hydrogen (secondary N) is 1. The Bertz CT molecular complexity index is 686. The molecule has 1 aliphatic rings. The summed E-state index contributed by atoms with van der Waals surface area (Å²) in [5.41, 5.74) is 3.64. The molecule has 1 aliphatic carbocycles. The molecule has 0 bridgehead atoms. The van der Waals surface area contributed by atoms with Gasteiger partial charge in [-0.2, -0.15) is 0 Å². The minimum atomic E-state index is 0.0360. The number of likely N-dealkylation sites (N-methyl/N-ethyl adjacent to an activating group) is 1. The van der Waals surface area contributed by atoms with Crippen LogP contribution in [-0.2, 0) is 11.2 Å². The highest BCUT2D eigenvalue weighted by Gasteiger charge is 2.26. The normalized spacial score (nSPS) is 16.6. The number of nitrogens with zero attached hydrogens (tertiary/aromatic N) is 1. The molecule has 1 amide bonds. The lowest BCUT2D eigenvalue weighted by Crippen LogP contribution is -2.32. The van der Waals surface area contributed by atoms with Crippen molar-refractivity contribution in [3.8, 4) is 0 Å². The Kier molecular flexibility index (Phi) is 4.78. The van der Waals surface area contributed by atoms with E-state index in [1.807, 2.05) is 31.3 Å². The van der Waals surface area contributed by atoms with Gasteiger partial charge < -0.3 is 5.32 Å². The summed E-state index contributed by atoms with van der Waals surface area (Å²) >= 11 is 2.25. The Morgan fingerprint density at radius 3 is 2.91 bits per heavy atom. The number of carbonyl (C=O) groups is 1. The van der Waals surface area contributed by atoms with E-state index in [-0.39, 0.29) is 5.91 Å². The van der Waals surface area contributed by atoms with Crippen molar-refractivity contribution >= 4 is 34.2 Å². The first-order valence-electron chi connectivity index (χ1n) is 7.47. The van der Waals surface area contributed by atoms with E-state index in [1.54, 1.807) is 0 Å². The van der Waals surface area contributed by atoms with Gasteiger partial charge in [-0.1, -0.05) is 30.3 Å². The zero-order chi connectivity index (χ0) is 15.5. The Morgan fingerprint density at radius 1 is 1.27 bits per heavy atom. The molecule has 1 atom stereocenters. The molecule has 0 saturated carbocycles. The molecule has 1 unspecified atom stereocenters. The molecule has 0 spiro atoms. The minimum absolute atomic E-state index is 0.0360. The average Bonchev–Trinajstić information content (AvgIpc) is 2.91. The Labute approximate surface area is 144 Å². The topological polar surface area (TPSA) is 32.3 Å². The average molecular weight is 406 g/mol. The van der Waals surface area contributed by atoms with Gasteiger partial charge in [-0.05, 0) is 71.8 Å². The van der Waals surface area contributed by atoms with Crippen LogP contribution < -0.4 is 5.32 Å². The van der Waals surface area contributed by atoms with Crippen LogP contribution in [-0.4, -0.2) is 24.4 Å². The molecule has 0 fully saturated rings. The third-order valence-electron chi connectivity index (χ3n) is 4.13. The summed E-state index contributed by atoms with van der Waals surface area (Å²) in [5.74, 6) is 0.0360. The second-order valence-corrected chi connectivity index (χ2v) is 6.97. The van der Waals surface area contributed by atoms with E-state index < -0.39 is 0 Å². The molecule has 1 N–H and O–H groups in total. The van der Waals surface area contributed by atoms with Crippen LogP contribution in [0.3, 0.4) is 0 Å². The smallest absolute Gasteiger partial charge is 0.238 e. The number of fused-ring (bicyclic) bond motifs is 1. The molecule has 4 heteroatoms. The highest BCUT2D eigenvalue weighted by molar-refractivity contribution is 14.1. The molecule has 3 nitrogen and oxygen atoms in total. The van der Waals surface area contributed by atoms with Crippen LogP contribution >= 0.6 is 22.6 Å². The molecule has 22 heavy (non-hydrogen) atoms. The zero-order valence-electron chi connectivity index (χ0n) is 12.6. The minimum Gasteiger partial charge on any atom is -0.325 e. The van der Waals surface area contributed by atoms with Crippen LogP contribution in [0.15, 0.2) is 48.5 Å². The van der Waals surface area contributed by atoms with Gasteiger partial charge in [0.15, 0.2) is 0 Å². The second kappa shape index (κ2) is 6.79. The lowest BCUT2D eigenvalue weighted by Gasteiger charge is -2.24. The van der Waals surface area contributed by atoms with E-state index in [9.17, 15) is 4.79 Å². The van der Waals surface area contributed by atoms with Gasteiger partial charge in [-0.15, -0.1) is 0 Å². The Morgan fingerprint density at radius 2 is 2.09 bits per heavy atom. The number of hydrogen-bond acceptors (Lipinski definition) is 2. The third kappa shape index (κ3) is 3.50. The predicted molar refractivity (Wildman–Crippen MR) is 97.9 cm³/mol. The molecule has 0 saturated heterocycles. The van der Waals surface area contributed by atoms with E-state index >= 15 is 0 Å². The summed E-state index contributed by atoms with van der Waals surface area (Å²) in [6.45, 7) is 0.407. The van der Waals surface area contributed by atoms with E-state index in [4.69, 9.17) is 0 Å². The van der Waals surface area contributed by atoms with Gasteiger partial charge in [-0.25, -0.2) is 0 Å². The molecule has 3 rings (SSSR count). The summed E-state index contributed by atoms with van der Waals surface area (Å²) in [7, 11) is 2.03.